The first kappa shape index (κ1) is 17.8. The largest absolute Gasteiger partial charge is 0.326 e. The van der Waals surface area contributed by atoms with Crippen LogP contribution in [0.2, 0.25) is 5.02 Å². The molecule has 1 aliphatic carbocycles. The molecule has 1 N–H and O–H groups in total. The SMILES string of the molecule is Cc1ccccc1C1(c2ccccc2C)C[C@H]1C(=O)Nc1cccc(Cl)c1. The van der Waals surface area contributed by atoms with E-state index in [1.807, 2.05) is 24.3 Å². The molecular formula is C24H22ClNO. The van der Waals surface area contributed by atoms with Gasteiger partial charge in [0, 0.05) is 16.1 Å². The summed E-state index contributed by atoms with van der Waals surface area (Å²) in [6.07, 6.45) is 0.815. The number of amides is 1. The Hall–Kier alpha value is -2.58. The highest BCUT2D eigenvalue weighted by atomic mass is 35.5. The van der Waals surface area contributed by atoms with Gasteiger partial charge in [0.25, 0.3) is 0 Å². The van der Waals surface area contributed by atoms with Crippen molar-refractivity contribution in [2.75, 3.05) is 5.32 Å². The molecule has 136 valence electrons. The Kier molecular flexibility index (Phi) is 4.53. The molecule has 0 spiro atoms. The molecule has 3 heteroatoms. The van der Waals surface area contributed by atoms with E-state index in [1.165, 1.54) is 22.3 Å². The van der Waals surface area contributed by atoms with Gasteiger partial charge in [-0.15, -0.1) is 0 Å². The van der Waals surface area contributed by atoms with Gasteiger partial charge in [0.15, 0.2) is 0 Å². The first-order valence-electron chi connectivity index (χ1n) is 9.21. The molecule has 0 heterocycles. The quantitative estimate of drug-likeness (QED) is 0.604. The number of nitrogens with one attached hydrogen (secondary N) is 1. The maximum Gasteiger partial charge on any atom is 0.228 e. The highest BCUT2D eigenvalue weighted by Gasteiger charge is 2.61. The van der Waals surface area contributed by atoms with Crippen molar-refractivity contribution in [2.45, 2.75) is 25.7 Å². The number of carbonyl (C=O) groups excluding carboxylic acids is 1. The van der Waals surface area contributed by atoms with Crippen LogP contribution in [0.3, 0.4) is 0 Å². The molecule has 0 saturated heterocycles. The van der Waals surface area contributed by atoms with E-state index in [1.54, 1.807) is 12.1 Å². The lowest BCUT2D eigenvalue weighted by Gasteiger charge is -2.23. The molecule has 1 atom stereocenters. The van der Waals surface area contributed by atoms with Gasteiger partial charge < -0.3 is 5.32 Å². The van der Waals surface area contributed by atoms with Crippen LogP contribution in [0.1, 0.15) is 28.7 Å². The zero-order valence-electron chi connectivity index (χ0n) is 15.5. The minimum absolute atomic E-state index is 0.0452. The van der Waals surface area contributed by atoms with E-state index < -0.39 is 0 Å². The van der Waals surface area contributed by atoms with Crippen LogP contribution in [0, 0.1) is 19.8 Å². The van der Waals surface area contributed by atoms with Crippen LogP contribution in [0.4, 0.5) is 5.69 Å². The van der Waals surface area contributed by atoms with Gasteiger partial charge in [-0.3, -0.25) is 4.79 Å². The molecule has 1 fully saturated rings. The predicted octanol–water partition coefficient (Wildman–Crippen LogP) is 5.90. The number of carbonyl (C=O) groups is 1. The average Bonchev–Trinajstić information content (AvgIpc) is 3.39. The fourth-order valence-electron chi connectivity index (χ4n) is 4.26. The summed E-state index contributed by atoms with van der Waals surface area (Å²) in [6, 6.07) is 24.1. The zero-order valence-corrected chi connectivity index (χ0v) is 16.3. The van der Waals surface area contributed by atoms with Gasteiger partial charge in [0.05, 0.1) is 5.92 Å². The Morgan fingerprint density at radius 2 is 1.52 bits per heavy atom. The highest BCUT2D eigenvalue weighted by molar-refractivity contribution is 6.30. The fourth-order valence-corrected chi connectivity index (χ4v) is 4.45. The van der Waals surface area contributed by atoms with Crippen LogP contribution in [-0.2, 0) is 10.2 Å². The van der Waals surface area contributed by atoms with E-state index in [0.717, 1.165) is 12.1 Å². The molecule has 2 nitrogen and oxygen atoms in total. The standard InChI is InChI=1S/C24H22ClNO/c1-16-8-3-5-12-20(16)24(21-13-6-4-9-17(21)2)15-22(24)23(27)26-19-11-7-10-18(25)14-19/h3-14,22H,15H2,1-2H3,(H,26,27)/t22-/m0/s1. The Morgan fingerprint density at radius 3 is 2.07 bits per heavy atom. The van der Waals surface area contributed by atoms with E-state index in [0.29, 0.717) is 5.02 Å². The fraction of sp³-hybridized carbons (Fsp3) is 0.208. The van der Waals surface area contributed by atoms with Crippen molar-refractivity contribution in [2.24, 2.45) is 5.92 Å². The third-order valence-corrected chi connectivity index (χ3v) is 5.86. The number of halogens is 1. The lowest BCUT2D eigenvalue weighted by Crippen LogP contribution is -2.23. The second-order valence-corrected chi connectivity index (χ2v) is 7.79. The maximum absolute atomic E-state index is 13.1. The molecule has 3 aromatic rings. The van der Waals surface area contributed by atoms with Crippen LogP contribution in [0.15, 0.2) is 72.8 Å². The minimum Gasteiger partial charge on any atom is -0.326 e. The number of hydrogen-bond donors (Lipinski definition) is 1. The summed E-state index contributed by atoms with van der Waals surface area (Å²) in [5, 5.41) is 3.67. The normalized spacial score (nSPS) is 17.4. The molecule has 1 saturated carbocycles. The van der Waals surface area contributed by atoms with Crippen molar-refractivity contribution < 1.29 is 4.79 Å². The van der Waals surface area contributed by atoms with Crippen LogP contribution < -0.4 is 5.32 Å². The first-order chi connectivity index (χ1) is 13.0. The Balaban J connectivity index is 1.73. The van der Waals surface area contributed by atoms with Crippen molar-refractivity contribution in [3.05, 3.63) is 100 Å². The third kappa shape index (κ3) is 3.15. The van der Waals surface area contributed by atoms with E-state index in [2.05, 4.69) is 55.6 Å². The predicted molar refractivity (Wildman–Crippen MR) is 111 cm³/mol. The van der Waals surface area contributed by atoms with Gasteiger partial charge in [0.2, 0.25) is 5.91 Å². The molecule has 1 aliphatic rings. The van der Waals surface area contributed by atoms with Crippen LogP contribution in [-0.4, -0.2) is 5.91 Å². The van der Waals surface area contributed by atoms with Crippen molar-refractivity contribution in [1.82, 2.24) is 0 Å². The summed E-state index contributed by atoms with van der Waals surface area (Å²) in [4.78, 5) is 13.1. The maximum atomic E-state index is 13.1. The van der Waals surface area contributed by atoms with Gasteiger partial charge >= 0.3 is 0 Å². The van der Waals surface area contributed by atoms with Gasteiger partial charge in [-0.25, -0.2) is 0 Å². The first-order valence-corrected chi connectivity index (χ1v) is 9.59. The lowest BCUT2D eigenvalue weighted by molar-refractivity contribution is -0.117. The van der Waals surface area contributed by atoms with Crippen molar-refractivity contribution in [3.8, 4) is 0 Å². The van der Waals surface area contributed by atoms with Crippen LogP contribution >= 0.6 is 11.6 Å². The second kappa shape index (κ2) is 6.86. The molecule has 27 heavy (non-hydrogen) atoms. The second-order valence-electron chi connectivity index (χ2n) is 7.36. The minimum atomic E-state index is -0.265. The number of benzene rings is 3. The monoisotopic (exact) mass is 375 g/mol. The Morgan fingerprint density at radius 1 is 0.926 bits per heavy atom. The van der Waals surface area contributed by atoms with Crippen LogP contribution in [0.5, 0.6) is 0 Å². The van der Waals surface area contributed by atoms with Gasteiger partial charge in [-0.05, 0) is 60.7 Å². The smallest absolute Gasteiger partial charge is 0.228 e. The Labute approximate surface area is 165 Å². The summed E-state index contributed by atoms with van der Waals surface area (Å²) in [7, 11) is 0. The number of rotatable bonds is 4. The zero-order chi connectivity index (χ0) is 19.0. The van der Waals surface area contributed by atoms with Gasteiger partial charge in [-0.1, -0.05) is 66.2 Å². The number of hydrogen-bond acceptors (Lipinski definition) is 1. The molecule has 1 amide bonds. The van der Waals surface area contributed by atoms with E-state index >= 15 is 0 Å². The topological polar surface area (TPSA) is 29.1 Å². The molecule has 3 aromatic carbocycles. The molecular weight excluding hydrogens is 354 g/mol. The van der Waals surface area contributed by atoms with Crippen molar-refractivity contribution in [3.63, 3.8) is 0 Å². The van der Waals surface area contributed by atoms with Gasteiger partial charge in [0.1, 0.15) is 0 Å². The number of anilines is 1. The van der Waals surface area contributed by atoms with Gasteiger partial charge in [-0.2, -0.15) is 0 Å². The molecule has 0 aromatic heterocycles. The summed E-state index contributed by atoms with van der Waals surface area (Å²) >= 11 is 6.06. The third-order valence-electron chi connectivity index (χ3n) is 5.62. The molecule has 0 bridgehead atoms. The highest BCUT2D eigenvalue weighted by Crippen LogP contribution is 2.60. The van der Waals surface area contributed by atoms with Crippen molar-refractivity contribution in [1.29, 1.82) is 0 Å². The Bertz CT molecular complexity index is 965. The summed E-state index contributed by atoms with van der Waals surface area (Å²) in [6.45, 7) is 4.25. The lowest BCUT2D eigenvalue weighted by atomic mass is 9.81. The van der Waals surface area contributed by atoms with Crippen molar-refractivity contribution >= 4 is 23.2 Å². The molecule has 0 aliphatic heterocycles. The summed E-state index contributed by atoms with van der Waals surface area (Å²) in [5.41, 5.74) is 5.40. The van der Waals surface area contributed by atoms with E-state index in [4.69, 9.17) is 11.6 Å². The van der Waals surface area contributed by atoms with E-state index in [-0.39, 0.29) is 17.2 Å². The average molecular weight is 376 g/mol. The molecule has 0 unspecified atom stereocenters. The summed E-state index contributed by atoms with van der Waals surface area (Å²) < 4.78 is 0. The number of aryl methyl sites for hydroxylation is 2. The van der Waals surface area contributed by atoms with Crippen LogP contribution in [0.25, 0.3) is 0 Å². The molecule has 4 rings (SSSR count). The summed E-state index contributed by atoms with van der Waals surface area (Å²) in [5.74, 6) is -0.0533. The molecule has 0 radical (unpaired) electrons. The van der Waals surface area contributed by atoms with E-state index in [9.17, 15) is 4.79 Å².